The van der Waals surface area contributed by atoms with Crippen molar-refractivity contribution in [1.29, 1.82) is 0 Å². The molecule has 0 aromatic rings. The second kappa shape index (κ2) is 17.9. The number of aliphatic hydroxyl groups excluding tert-OH is 4. The quantitative estimate of drug-likeness (QED) is 0.161. The molecular weight excluding hydrogens is 432 g/mol. The van der Waals surface area contributed by atoms with Crippen molar-refractivity contribution in [3.8, 4) is 0 Å². The molecule has 1 fully saturated rings. The second-order valence-electron chi connectivity index (χ2n) is 11.1. The van der Waals surface area contributed by atoms with Gasteiger partial charge in [-0.1, -0.05) is 84.3 Å². The van der Waals surface area contributed by atoms with Crippen molar-refractivity contribution < 1.29 is 29.9 Å². The first kappa shape index (κ1) is 31.5. The second-order valence-corrected chi connectivity index (χ2v) is 11.1. The van der Waals surface area contributed by atoms with Crippen LogP contribution in [0.15, 0.2) is 11.6 Å². The summed E-state index contributed by atoms with van der Waals surface area (Å²) in [6.07, 6.45) is 9.70. The lowest BCUT2D eigenvalue weighted by Gasteiger charge is -2.39. The van der Waals surface area contributed by atoms with Crippen LogP contribution in [-0.2, 0) is 9.47 Å². The first-order valence-corrected chi connectivity index (χ1v) is 13.7. The van der Waals surface area contributed by atoms with Crippen molar-refractivity contribution in [3.05, 3.63) is 11.6 Å². The molecule has 6 nitrogen and oxygen atoms in total. The summed E-state index contributed by atoms with van der Waals surface area (Å²) in [5, 5.41) is 38.8. The van der Waals surface area contributed by atoms with Crippen molar-refractivity contribution in [3.63, 3.8) is 0 Å². The van der Waals surface area contributed by atoms with E-state index in [9.17, 15) is 20.4 Å². The van der Waals surface area contributed by atoms with E-state index < -0.39 is 37.3 Å². The Bertz CT molecular complexity index is 535. The molecule has 0 bridgehead atoms. The predicted molar refractivity (Wildman–Crippen MR) is 137 cm³/mol. The van der Waals surface area contributed by atoms with Crippen LogP contribution >= 0.6 is 0 Å². The lowest BCUT2D eigenvalue weighted by molar-refractivity contribution is -0.301. The van der Waals surface area contributed by atoms with E-state index in [0.29, 0.717) is 6.61 Å². The molecule has 202 valence electrons. The van der Waals surface area contributed by atoms with E-state index in [1.54, 1.807) is 0 Å². The van der Waals surface area contributed by atoms with Crippen molar-refractivity contribution in [2.24, 2.45) is 17.8 Å². The molecular formula is C28H54O6. The highest BCUT2D eigenvalue weighted by Gasteiger charge is 2.43. The van der Waals surface area contributed by atoms with Gasteiger partial charge in [0.05, 0.1) is 13.2 Å². The van der Waals surface area contributed by atoms with Crippen molar-refractivity contribution in [2.75, 3.05) is 13.2 Å². The molecule has 4 N–H and O–H groups in total. The summed E-state index contributed by atoms with van der Waals surface area (Å²) in [4.78, 5) is 0. The Morgan fingerprint density at radius 2 is 1.41 bits per heavy atom. The molecule has 0 radical (unpaired) electrons. The Kier molecular flexibility index (Phi) is 16.6. The minimum Gasteiger partial charge on any atom is -0.394 e. The maximum absolute atomic E-state index is 9.99. The summed E-state index contributed by atoms with van der Waals surface area (Å²) < 4.78 is 10.9. The summed E-state index contributed by atoms with van der Waals surface area (Å²) >= 11 is 0. The molecule has 0 aliphatic carbocycles. The lowest BCUT2D eigenvalue weighted by Crippen LogP contribution is -2.59. The van der Waals surface area contributed by atoms with Crippen molar-refractivity contribution in [2.45, 2.75) is 136 Å². The zero-order chi connectivity index (χ0) is 25.5. The van der Waals surface area contributed by atoms with Crippen LogP contribution in [0.2, 0.25) is 0 Å². The zero-order valence-electron chi connectivity index (χ0n) is 22.5. The molecule has 34 heavy (non-hydrogen) atoms. The molecule has 1 aliphatic heterocycles. The van der Waals surface area contributed by atoms with Crippen molar-refractivity contribution >= 4 is 0 Å². The van der Waals surface area contributed by atoms with E-state index in [2.05, 4.69) is 40.7 Å². The smallest absolute Gasteiger partial charge is 0.186 e. The molecule has 1 heterocycles. The third-order valence-electron chi connectivity index (χ3n) is 7.11. The van der Waals surface area contributed by atoms with E-state index in [0.717, 1.165) is 37.0 Å². The highest BCUT2D eigenvalue weighted by Crippen LogP contribution is 2.23. The van der Waals surface area contributed by atoms with Crippen molar-refractivity contribution in [1.82, 2.24) is 0 Å². The van der Waals surface area contributed by atoms with Gasteiger partial charge in [-0.05, 0) is 50.4 Å². The number of allylic oxidation sites excluding steroid dienone is 2. The van der Waals surface area contributed by atoms with Gasteiger partial charge in [-0.15, -0.1) is 0 Å². The van der Waals surface area contributed by atoms with Gasteiger partial charge in [0.15, 0.2) is 6.29 Å². The van der Waals surface area contributed by atoms with E-state index >= 15 is 0 Å². The average Bonchev–Trinajstić information content (AvgIpc) is 2.78. The molecule has 0 saturated carbocycles. The third kappa shape index (κ3) is 13.0. The van der Waals surface area contributed by atoms with Gasteiger partial charge >= 0.3 is 0 Å². The minimum atomic E-state index is -1.39. The number of hydrogen-bond acceptors (Lipinski definition) is 6. The molecule has 1 aliphatic rings. The number of unbranched alkanes of at least 4 members (excludes halogenated alkanes) is 1. The van der Waals surface area contributed by atoms with Gasteiger partial charge in [-0.2, -0.15) is 0 Å². The summed E-state index contributed by atoms with van der Waals surface area (Å²) in [7, 11) is 0. The standard InChI is InChI=1S/C28H54O6/c1-20(2)11-8-13-22(4)15-10-17-23(5)16-9-14-21(3)12-6-7-18-33-28-27(32)26(31)25(30)24(19-29)34-28/h12,20,22-32H,6-11,13-19H2,1-5H3/t22?,23?,24-,25-,26+,27-,28?/m1/s1. The van der Waals surface area contributed by atoms with Crippen LogP contribution in [0.4, 0.5) is 0 Å². The Hall–Kier alpha value is -0.500. The van der Waals surface area contributed by atoms with Gasteiger partial charge in [0.1, 0.15) is 24.4 Å². The Balaban J connectivity index is 2.10. The van der Waals surface area contributed by atoms with Crippen LogP contribution in [0.25, 0.3) is 0 Å². The number of rotatable bonds is 18. The average molecular weight is 487 g/mol. The molecule has 3 unspecified atom stereocenters. The first-order valence-electron chi connectivity index (χ1n) is 13.7. The number of aliphatic hydroxyl groups is 4. The lowest BCUT2D eigenvalue weighted by atomic mass is 9.91. The summed E-state index contributed by atoms with van der Waals surface area (Å²) in [6.45, 7) is 11.5. The highest BCUT2D eigenvalue weighted by atomic mass is 16.7. The van der Waals surface area contributed by atoms with Crippen LogP contribution in [0, 0.1) is 17.8 Å². The fraction of sp³-hybridized carbons (Fsp3) is 0.929. The van der Waals surface area contributed by atoms with Gasteiger partial charge in [0, 0.05) is 0 Å². The minimum absolute atomic E-state index is 0.374. The number of hydrogen-bond donors (Lipinski definition) is 4. The summed E-state index contributed by atoms with van der Waals surface area (Å²) in [5.41, 5.74) is 1.40. The Labute approximate surface area is 208 Å². The van der Waals surface area contributed by atoms with Gasteiger partial charge in [-0.3, -0.25) is 0 Å². The molecule has 0 spiro atoms. The zero-order valence-corrected chi connectivity index (χ0v) is 22.5. The van der Waals surface area contributed by atoms with Gasteiger partial charge in [-0.25, -0.2) is 0 Å². The van der Waals surface area contributed by atoms with E-state index in [1.807, 2.05) is 0 Å². The van der Waals surface area contributed by atoms with Crippen LogP contribution in [-0.4, -0.2) is 64.3 Å². The SMILES string of the molecule is CC(=CCCCOC1O[C@H](CO)[C@@H](O)[C@H](O)[C@H]1O)CCCC(C)CCCC(C)CCCC(C)C. The maximum atomic E-state index is 9.99. The molecule has 0 amide bonds. The van der Waals surface area contributed by atoms with E-state index in [-0.39, 0.29) is 0 Å². The largest absolute Gasteiger partial charge is 0.394 e. The number of ether oxygens (including phenoxy) is 2. The van der Waals surface area contributed by atoms with Gasteiger partial charge < -0.3 is 29.9 Å². The fourth-order valence-corrected chi connectivity index (χ4v) is 4.65. The van der Waals surface area contributed by atoms with Crippen LogP contribution in [0.5, 0.6) is 0 Å². The van der Waals surface area contributed by atoms with E-state index in [4.69, 9.17) is 9.47 Å². The summed E-state index contributed by atoms with van der Waals surface area (Å²) in [6, 6.07) is 0. The van der Waals surface area contributed by atoms with Gasteiger partial charge in [0.25, 0.3) is 0 Å². The van der Waals surface area contributed by atoms with Crippen LogP contribution in [0.3, 0.4) is 0 Å². The fourth-order valence-electron chi connectivity index (χ4n) is 4.65. The monoisotopic (exact) mass is 486 g/mol. The molecule has 0 aromatic heterocycles. The van der Waals surface area contributed by atoms with E-state index in [1.165, 1.54) is 56.9 Å². The Morgan fingerprint density at radius 3 is 2.00 bits per heavy atom. The normalized spacial score (nSPS) is 27.8. The third-order valence-corrected chi connectivity index (χ3v) is 7.11. The van der Waals surface area contributed by atoms with Crippen LogP contribution in [0.1, 0.15) is 105 Å². The summed E-state index contributed by atoms with van der Waals surface area (Å²) in [5.74, 6) is 2.48. The molecule has 6 heteroatoms. The Morgan fingerprint density at radius 1 is 0.824 bits per heavy atom. The topological polar surface area (TPSA) is 99.4 Å². The molecule has 1 rings (SSSR count). The molecule has 0 aromatic carbocycles. The van der Waals surface area contributed by atoms with Crippen LogP contribution < -0.4 is 0 Å². The first-order chi connectivity index (χ1) is 16.1. The maximum Gasteiger partial charge on any atom is 0.186 e. The molecule has 7 atom stereocenters. The highest BCUT2D eigenvalue weighted by molar-refractivity contribution is 4.97. The van der Waals surface area contributed by atoms with Gasteiger partial charge in [0.2, 0.25) is 0 Å². The molecule has 1 saturated heterocycles. The predicted octanol–water partition coefficient (Wildman–Crippen LogP) is 4.97.